The maximum absolute atomic E-state index is 4.84. The number of rotatable bonds is 2. The molecule has 0 saturated carbocycles. The third-order valence-electron chi connectivity index (χ3n) is 1.13. The van der Waals surface area contributed by atoms with Crippen LogP contribution in [0.15, 0.2) is 4.52 Å². The Hall–Kier alpha value is -0.860. The van der Waals surface area contributed by atoms with Crippen LogP contribution in [-0.4, -0.2) is 10.1 Å². The van der Waals surface area contributed by atoms with E-state index in [0.29, 0.717) is 0 Å². The van der Waals surface area contributed by atoms with Crippen LogP contribution in [0.2, 0.25) is 0 Å². The first-order chi connectivity index (χ1) is 5.36. The van der Waals surface area contributed by atoms with Crippen LogP contribution < -0.4 is 0 Å². The van der Waals surface area contributed by atoms with E-state index < -0.39 is 0 Å². The molecule has 1 heterocycles. The molecule has 11 heavy (non-hydrogen) atoms. The summed E-state index contributed by atoms with van der Waals surface area (Å²) >= 11 is 0. The van der Waals surface area contributed by atoms with Gasteiger partial charge in [-0.1, -0.05) is 32.9 Å². The van der Waals surface area contributed by atoms with Crippen molar-refractivity contribution in [1.82, 2.24) is 10.1 Å². The van der Waals surface area contributed by atoms with E-state index in [9.17, 15) is 0 Å². The zero-order valence-corrected chi connectivity index (χ0v) is 7.72. The summed E-state index contributed by atoms with van der Waals surface area (Å²) in [6.45, 7) is 8.00. The molecule has 0 amide bonds. The normalized spacial score (nSPS) is 8.73. The van der Waals surface area contributed by atoms with E-state index in [-0.39, 0.29) is 0 Å². The Morgan fingerprint density at radius 1 is 1.18 bits per heavy atom. The molecule has 0 radical (unpaired) electrons. The van der Waals surface area contributed by atoms with Crippen molar-refractivity contribution >= 4 is 0 Å². The van der Waals surface area contributed by atoms with E-state index in [4.69, 9.17) is 4.52 Å². The van der Waals surface area contributed by atoms with Crippen molar-refractivity contribution in [3.63, 3.8) is 0 Å². The molecule has 0 aliphatic rings. The van der Waals surface area contributed by atoms with Crippen molar-refractivity contribution in [3.05, 3.63) is 11.7 Å². The number of hydrogen-bond acceptors (Lipinski definition) is 3. The Balaban J connectivity index is 0.000000461. The van der Waals surface area contributed by atoms with E-state index in [2.05, 4.69) is 10.1 Å². The molecule has 0 saturated heterocycles. The van der Waals surface area contributed by atoms with Crippen LogP contribution in [0.1, 0.15) is 39.4 Å². The lowest BCUT2D eigenvalue weighted by Gasteiger charge is -1.77. The molecule has 3 nitrogen and oxygen atoms in total. The summed E-state index contributed by atoms with van der Waals surface area (Å²) in [5.41, 5.74) is 0. The molecular formula is C8H16N2O. The topological polar surface area (TPSA) is 38.9 Å². The van der Waals surface area contributed by atoms with Crippen LogP contribution in [0.25, 0.3) is 0 Å². The summed E-state index contributed by atoms with van der Waals surface area (Å²) in [5, 5.41) is 3.72. The second kappa shape index (κ2) is 5.89. The maximum atomic E-state index is 4.84. The van der Waals surface area contributed by atoms with Crippen molar-refractivity contribution in [1.29, 1.82) is 0 Å². The molecule has 1 rings (SSSR count). The number of nitrogens with zero attached hydrogens (tertiary/aromatic N) is 2. The first-order valence-electron chi connectivity index (χ1n) is 4.18. The summed E-state index contributed by atoms with van der Waals surface area (Å²) in [6.07, 6.45) is 1.68. The van der Waals surface area contributed by atoms with Gasteiger partial charge in [-0.05, 0) is 0 Å². The molecule has 1 aromatic heterocycles. The largest absolute Gasteiger partial charge is 0.339 e. The fourth-order valence-electron chi connectivity index (χ4n) is 0.577. The van der Waals surface area contributed by atoms with Gasteiger partial charge < -0.3 is 4.52 Å². The molecule has 0 unspecified atom stereocenters. The van der Waals surface area contributed by atoms with Crippen molar-refractivity contribution in [2.45, 2.75) is 40.5 Å². The SMILES string of the molecule is CC.CCc1noc(CC)n1. The highest BCUT2D eigenvalue weighted by molar-refractivity contribution is 4.84. The molecule has 0 N–H and O–H groups in total. The number of aryl methyl sites for hydroxylation is 2. The molecule has 1 aromatic rings. The van der Waals surface area contributed by atoms with Gasteiger partial charge in [0.25, 0.3) is 0 Å². The lowest BCUT2D eigenvalue weighted by atomic mass is 10.4. The third kappa shape index (κ3) is 3.16. The standard InChI is InChI=1S/C6H10N2O.C2H6/c1-3-5-7-6(4-2)9-8-5;1-2/h3-4H2,1-2H3;1-2H3. The Morgan fingerprint density at radius 2 is 1.82 bits per heavy atom. The highest BCUT2D eigenvalue weighted by Crippen LogP contribution is 1.96. The molecule has 0 bridgehead atoms. The summed E-state index contributed by atoms with van der Waals surface area (Å²) in [5.74, 6) is 1.53. The highest BCUT2D eigenvalue weighted by atomic mass is 16.5. The highest BCUT2D eigenvalue weighted by Gasteiger charge is 1.99. The van der Waals surface area contributed by atoms with E-state index in [1.807, 2.05) is 27.7 Å². The van der Waals surface area contributed by atoms with Gasteiger partial charge in [0.15, 0.2) is 5.82 Å². The summed E-state index contributed by atoms with van der Waals surface area (Å²) in [4.78, 5) is 4.07. The molecule has 0 atom stereocenters. The van der Waals surface area contributed by atoms with Gasteiger partial charge in [0.05, 0.1) is 0 Å². The van der Waals surface area contributed by atoms with E-state index in [0.717, 1.165) is 24.6 Å². The van der Waals surface area contributed by atoms with Gasteiger partial charge in [-0.15, -0.1) is 0 Å². The predicted molar refractivity (Wildman–Crippen MR) is 44.4 cm³/mol. The van der Waals surface area contributed by atoms with Crippen molar-refractivity contribution in [2.75, 3.05) is 0 Å². The second-order valence-corrected chi connectivity index (χ2v) is 1.81. The molecule has 0 aliphatic carbocycles. The fourth-order valence-corrected chi connectivity index (χ4v) is 0.577. The quantitative estimate of drug-likeness (QED) is 0.659. The zero-order valence-electron chi connectivity index (χ0n) is 7.72. The molecule has 0 aromatic carbocycles. The van der Waals surface area contributed by atoms with Crippen molar-refractivity contribution < 1.29 is 4.52 Å². The molecular weight excluding hydrogens is 140 g/mol. The van der Waals surface area contributed by atoms with E-state index in [1.54, 1.807) is 0 Å². The minimum absolute atomic E-state index is 0.729. The average molecular weight is 156 g/mol. The van der Waals surface area contributed by atoms with Crippen LogP contribution in [0, 0.1) is 0 Å². The first kappa shape index (κ1) is 10.1. The first-order valence-corrected chi connectivity index (χ1v) is 4.18. The fraction of sp³-hybridized carbons (Fsp3) is 0.750. The second-order valence-electron chi connectivity index (χ2n) is 1.81. The van der Waals surface area contributed by atoms with Gasteiger partial charge in [-0.2, -0.15) is 4.98 Å². The van der Waals surface area contributed by atoms with Gasteiger partial charge in [0.2, 0.25) is 5.89 Å². The summed E-state index contributed by atoms with van der Waals surface area (Å²) in [6, 6.07) is 0. The Morgan fingerprint density at radius 3 is 2.09 bits per heavy atom. The van der Waals surface area contributed by atoms with Crippen LogP contribution in [0.4, 0.5) is 0 Å². The van der Waals surface area contributed by atoms with E-state index >= 15 is 0 Å². The summed E-state index contributed by atoms with van der Waals surface area (Å²) < 4.78 is 4.84. The number of hydrogen-bond donors (Lipinski definition) is 0. The molecule has 0 aliphatic heterocycles. The van der Waals surface area contributed by atoms with Crippen molar-refractivity contribution in [2.24, 2.45) is 0 Å². The molecule has 3 heteroatoms. The Kier molecular flexibility index (Phi) is 5.43. The van der Waals surface area contributed by atoms with Gasteiger partial charge in [0, 0.05) is 12.8 Å². The monoisotopic (exact) mass is 156 g/mol. The smallest absolute Gasteiger partial charge is 0.226 e. The van der Waals surface area contributed by atoms with E-state index in [1.165, 1.54) is 0 Å². The van der Waals surface area contributed by atoms with Crippen LogP contribution in [-0.2, 0) is 12.8 Å². The van der Waals surface area contributed by atoms with Crippen LogP contribution in [0.5, 0.6) is 0 Å². The van der Waals surface area contributed by atoms with Gasteiger partial charge >= 0.3 is 0 Å². The van der Waals surface area contributed by atoms with Gasteiger partial charge in [-0.25, -0.2) is 0 Å². The van der Waals surface area contributed by atoms with Crippen LogP contribution >= 0.6 is 0 Å². The molecule has 0 fully saturated rings. The maximum Gasteiger partial charge on any atom is 0.226 e. The summed E-state index contributed by atoms with van der Waals surface area (Å²) in [7, 11) is 0. The van der Waals surface area contributed by atoms with Gasteiger partial charge in [0.1, 0.15) is 0 Å². The molecule has 64 valence electrons. The third-order valence-corrected chi connectivity index (χ3v) is 1.13. The predicted octanol–water partition coefficient (Wildman–Crippen LogP) is 2.22. The molecule has 0 spiro atoms. The lowest BCUT2D eigenvalue weighted by molar-refractivity contribution is 0.377. The average Bonchev–Trinajstić information content (AvgIpc) is 2.55. The minimum atomic E-state index is 0.729. The minimum Gasteiger partial charge on any atom is -0.339 e. The zero-order chi connectivity index (χ0) is 8.69. The Labute approximate surface area is 67.8 Å². The van der Waals surface area contributed by atoms with Crippen LogP contribution in [0.3, 0.4) is 0 Å². The van der Waals surface area contributed by atoms with Crippen molar-refractivity contribution in [3.8, 4) is 0 Å². The van der Waals surface area contributed by atoms with Gasteiger partial charge in [-0.3, -0.25) is 0 Å². The Bertz CT molecular complexity index is 165. The number of aromatic nitrogens is 2. The lowest BCUT2D eigenvalue weighted by Crippen LogP contribution is -1.82.